The van der Waals surface area contributed by atoms with E-state index in [2.05, 4.69) is 76.0 Å². The molecule has 12 nitrogen and oxygen atoms in total. The van der Waals surface area contributed by atoms with Gasteiger partial charge in [0.15, 0.2) is 0 Å². The minimum atomic E-state index is -0.265. The molecule has 9 heterocycles. The van der Waals surface area contributed by atoms with Crippen molar-refractivity contribution in [1.82, 2.24) is 44.9 Å². The predicted octanol–water partition coefficient (Wildman–Crippen LogP) is 16.6. The van der Waals surface area contributed by atoms with E-state index in [0.717, 1.165) is 89.2 Å². The lowest BCUT2D eigenvalue weighted by Gasteiger charge is -2.09. The van der Waals surface area contributed by atoms with E-state index in [0.29, 0.717) is 34.9 Å². The van der Waals surface area contributed by atoms with Crippen LogP contribution in [0.2, 0.25) is 0 Å². The Hall–Kier alpha value is -10.7. The van der Waals surface area contributed by atoms with Crippen LogP contribution in [0.5, 0.6) is 34.9 Å². The third-order valence-electron chi connectivity index (χ3n) is 14.0. The van der Waals surface area contributed by atoms with Crippen LogP contribution >= 0.6 is 0 Å². The van der Waals surface area contributed by atoms with Gasteiger partial charge < -0.3 is 14.2 Å². The highest BCUT2D eigenvalue weighted by molar-refractivity contribution is 5.61. The number of hydrogen-bond donors (Lipinski definition) is 0. The molecule has 0 saturated heterocycles. The zero-order valence-corrected chi connectivity index (χ0v) is 47.8. The van der Waals surface area contributed by atoms with Crippen LogP contribution in [0.3, 0.4) is 0 Å². The van der Waals surface area contributed by atoms with Gasteiger partial charge in [0, 0.05) is 89.7 Å². The average Bonchev–Trinajstić information content (AvgIpc) is 3.75. The molecule has 0 radical (unpaired) electrons. The minimum absolute atomic E-state index is 0.265. The minimum Gasteiger partial charge on any atom is -0.437 e. The molecule has 0 aliphatic rings. The summed E-state index contributed by atoms with van der Waals surface area (Å²) >= 11 is 0. The largest absolute Gasteiger partial charge is 0.437 e. The number of nitrogens with zero attached hydrogens (tertiary/aromatic N) is 9. The van der Waals surface area contributed by atoms with Crippen molar-refractivity contribution in [3.63, 3.8) is 0 Å². The molecule has 0 aliphatic heterocycles. The number of pyridine rings is 9. The van der Waals surface area contributed by atoms with E-state index in [1.165, 1.54) is 57.6 Å². The highest BCUT2D eigenvalue weighted by Crippen LogP contribution is 2.28. The molecule has 426 valence electrons. The molecule has 0 N–H and O–H groups in total. The highest BCUT2D eigenvalue weighted by atomic mass is 19.1. The Balaban J connectivity index is 0.000000143. The van der Waals surface area contributed by atoms with Gasteiger partial charge in [-0.05, 0) is 201 Å². The Morgan fingerprint density at radius 2 is 0.721 bits per heavy atom. The van der Waals surface area contributed by atoms with E-state index in [1.807, 2.05) is 148 Å². The lowest BCUT2D eigenvalue weighted by molar-refractivity contribution is 0.458. The molecule has 0 amide bonds. The summed E-state index contributed by atoms with van der Waals surface area (Å²) in [5.74, 6) is 2.99. The first-order valence-corrected chi connectivity index (χ1v) is 28.2. The summed E-state index contributed by atoms with van der Waals surface area (Å²) in [5, 5.41) is 0. The lowest BCUT2D eigenvalue weighted by atomic mass is 10.0. The van der Waals surface area contributed by atoms with Crippen molar-refractivity contribution < 1.29 is 23.0 Å². The SMILES string of the molecule is Cc1cc(Oc2ccc(-c3ccc(F)cc3)nc2)ncc1CCc1cccnc1.Cc1nc(Oc2ccc(-c3ccc(F)cc3)nc2)ccc1CCc1cccnc1.Cc1nc(Oc2ccc(-c3ccccc3)nc2)ccc1CCc1cccnc1. The Labute approximate surface area is 499 Å². The molecule has 0 unspecified atom stereocenters. The van der Waals surface area contributed by atoms with Crippen molar-refractivity contribution in [3.8, 4) is 68.7 Å². The Bertz CT molecular complexity index is 3860. The van der Waals surface area contributed by atoms with Crippen LogP contribution in [0.15, 0.2) is 244 Å². The van der Waals surface area contributed by atoms with Gasteiger partial charge in [-0.25, -0.2) is 23.7 Å². The Morgan fingerprint density at radius 3 is 1.08 bits per heavy atom. The van der Waals surface area contributed by atoms with Gasteiger partial charge in [0.25, 0.3) is 0 Å². The first kappa shape index (κ1) is 58.5. The number of rotatable bonds is 18. The van der Waals surface area contributed by atoms with Gasteiger partial charge in [-0.15, -0.1) is 0 Å². The quantitative estimate of drug-likeness (QED) is 0.0806. The number of benzene rings is 3. The van der Waals surface area contributed by atoms with Crippen molar-refractivity contribution >= 4 is 0 Å². The van der Waals surface area contributed by atoms with Gasteiger partial charge in [0.2, 0.25) is 17.6 Å². The molecule has 14 heteroatoms. The molecule has 0 aliphatic carbocycles. The number of hydrogen-bond acceptors (Lipinski definition) is 12. The summed E-state index contributed by atoms with van der Waals surface area (Å²) in [6, 6.07) is 55.8. The fourth-order valence-electron chi connectivity index (χ4n) is 9.17. The molecule has 0 saturated carbocycles. The number of aryl methyl sites for hydroxylation is 9. The second-order valence-corrected chi connectivity index (χ2v) is 20.1. The molecule has 12 aromatic rings. The van der Waals surface area contributed by atoms with Crippen molar-refractivity contribution in [2.75, 3.05) is 0 Å². The van der Waals surface area contributed by atoms with Gasteiger partial charge in [0.1, 0.15) is 28.9 Å². The van der Waals surface area contributed by atoms with Gasteiger partial charge >= 0.3 is 0 Å². The third-order valence-corrected chi connectivity index (χ3v) is 14.0. The van der Waals surface area contributed by atoms with Crippen molar-refractivity contribution in [2.24, 2.45) is 0 Å². The Kier molecular flexibility index (Phi) is 20.1. The summed E-state index contributed by atoms with van der Waals surface area (Å²) in [5.41, 5.74) is 15.5. The average molecular weight is 1140 g/mol. The summed E-state index contributed by atoms with van der Waals surface area (Å²) in [6.45, 7) is 6.06. The third kappa shape index (κ3) is 17.2. The fraction of sp³-hybridized carbons (Fsp3) is 0.125. The van der Waals surface area contributed by atoms with Crippen molar-refractivity contribution in [2.45, 2.75) is 59.3 Å². The molecule has 0 fully saturated rings. The molecular formula is C72H61F2N9O3. The number of halogens is 2. The van der Waals surface area contributed by atoms with Gasteiger partial charge in [-0.1, -0.05) is 60.7 Å². The smallest absolute Gasteiger partial charge is 0.219 e. The number of ether oxygens (including phenoxy) is 3. The van der Waals surface area contributed by atoms with Crippen LogP contribution in [-0.2, 0) is 38.5 Å². The molecule has 9 aromatic heterocycles. The van der Waals surface area contributed by atoms with Gasteiger partial charge in [0.05, 0.1) is 35.7 Å². The van der Waals surface area contributed by atoms with Crippen LogP contribution in [-0.4, -0.2) is 44.9 Å². The second kappa shape index (κ2) is 29.5. The zero-order valence-electron chi connectivity index (χ0n) is 47.8. The molecule has 3 aromatic carbocycles. The molecule has 12 rings (SSSR count). The summed E-state index contributed by atoms with van der Waals surface area (Å²) in [6.07, 6.45) is 23.5. The molecule has 0 spiro atoms. The van der Waals surface area contributed by atoms with Crippen LogP contribution in [0.4, 0.5) is 8.78 Å². The fourth-order valence-corrected chi connectivity index (χ4v) is 9.17. The zero-order chi connectivity index (χ0) is 59.3. The maximum atomic E-state index is 13.1. The lowest BCUT2D eigenvalue weighted by Crippen LogP contribution is -1.98. The summed E-state index contributed by atoms with van der Waals surface area (Å²) in [4.78, 5) is 39.3. The highest BCUT2D eigenvalue weighted by Gasteiger charge is 2.11. The molecule has 0 bridgehead atoms. The van der Waals surface area contributed by atoms with Crippen LogP contribution < -0.4 is 14.2 Å². The maximum Gasteiger partial charge on any atom is 0.219 e. The molecular weight excluding hydrogens is 1080 g/mol. The normalized spacial score (nSPS) is 10.7. The molecule has 86 heavy (non-hydrogen) atoms. The Morgan fingerprint density at radius 1 is 0.326 bits per heavy atom. The van der Waals surface area contributed by atoms with E-state index in [4.69, 9.17) is 14.2 Å². The van der Waals surface area contributed by atoms with Crippen molar-refractivity contribution in [1.29, 1.82) is 0 Å². The van der Waals surface area contributed by atoms with E-state index >= 15 is 0 Å². The van der Waals surface area contributed by atoms with E-state index in [1.54, 1.807) is 61.4 Å². The standard InChI is InChI=1S/2C24H20FN3O.C24H21N3O/c1-17-19(5-4-18-3-2-14-26-15-18)8-13-24(28-17)29-22-11-12-23(27-16-22)20-6-9-21(25)10-7-20;1-17-13-24(28-15-20(17)5-4-18-3-2-12-26-14-18)29-22-10-11-23(27-16-22)19-6-8-21(25)9-7-19;1-18-20(10-9-19-6-5-15-25-16-19)11-14-24(27-18)28-22-12-13-23(26-17-22)21-7-3-2-4-8-21/h2*2-3,6-16H,4-5H2,1H3;2-8,11-17H,9-10H2,1H3. The van der Waals surface area contributed by atoms with Gasteiger partial charge in [-0.2, -0.15) is 0 Å². The van der Waals surface area contributed by atoms with Crippen LogP contribution in [0.1, 0.15) is 50.3 Å². The van der Waals surface area contributed by atoms with E-state index in [-0.39, 0.29) is 11.6 Å². The topological polar surface area (TPSA) is 144 Å². The maximum absolute atomic E-state index is 13.1. The van der Waals surface area contributed by atoms with Crippen LogP contribution in [0.25, 0.3) is 33.8 Å². The monoisotopic (exact) mass is 1140 g/mol. The second-order valence-electron chi connectivity index (χ2n) is 20.1. The van der Waals surface area contributed by atoms with Crippen molar-refractivity contribution in [3.05, 3.63) is 306 Å². The van der Waals surface area contributed by atoms with Crippen LogP contribution in [0, 0.1) is 32.4 Å². The molecule has 0 atom stereocenters. The summed E-state index contributed by atoms with van der Waals surface area (Å²) < 4.78 is 43.7. The van der Waals surface area contributed by atoms with E-state index < -0.39 is 0 Å². The first-order chi connectivity index (χ1) is 42.1. The first-order valence-electron chi connectivity index (χ1n) is 28.2. The van der Waals surface area contributed by atoms with Gasteiger partial charge in [-0.3, -0.25) is 29.9 Å². The predicted molar refractivity (Wildman–Crippen MR) is 331 cm³/mol. The number of aromatic nitrogens is 9. The van der Waals surface area contributed by atoms with E-state index in [9.17, 15) is 8.78 Å². The summed E-state index contributed by atoms with van der Waals surface area (Å²) in [7, 11) is 0.